The van der Waals surface area contributed by atoms with Crippen LogP contribution >= 0.6 is 0 Å². The summed E-state index contributed by atoms with van der Waals surface area (Å²) < 4.78 is 5.16. The summed E-state index contributed by atoms with van der Waals surface area (Å²) in [4.78, 5) is 25.3. The molecule has 2 aromatic rings. The van der Waals surface area contributed by atoms with Crippen LogP contribution < -0.4 is 0 Å². The predicted molar refractivity (Wildman–Crippen MR) is 95.6 cm³/mol. The van der Waals surface area contributed by atoms with E-state index in [4.69, 9.17) is 4.74 Å². The number of hydrogen-bond acceptors (Lipinski definition) is 3. The number of allylic oxidation sites excluding steroid dienone is 1. The predicted octanol–water partition coefficient (Wildman–Crippen LogP) is 4.54. The summed E-state index contributed by atoms with van der Waals surface area (Å²) in [6, 6.07) is 18.6. The minimum atomic E-state index is -1.23. The van der Waals surface area contributed by atoms with E-state index in [0.717, 1.165) is 5.56 Å². The molecule has 1 unspecified atom stereocenters. The molecule has 0 aliphatic carbocycles. The summed E-state index contributed by atoms with van der Waals surface area (Å²) >= 11 is 0. The molecule has 0 saturated carbocycles. The van der Waals surface area contributed by atoms with Crippen LogP contribution in [0.15, 0.2) is 66.7 Å². The van der Waals surface area contributed by atoms with Crippen LogP contribution in [0, 0.1) is 5.41 Å². The third kappa shape index (κ3) is 4.19. The molecule has 0 aromatic heterocycles. The van der Waals surface area contributed by atoms with Crippen molar-refractivity contribution < 1.29 is 14.3 Å². The average Bonchev–Trinajstić information content (AvgIpc) is 2.62. The number of carbonyl (C=O) groups is 2. The van der Waals surface area contributed by atoms with Gasteiger partial charge in [0.25, 0.3) is 0 Å². The van der Waals surface area contributed by atoms with E-state index in [0.29, 0.717) is 5.56 Å². The minimum absolute atomic E-state index is 0.223. The number of ether oxygens (including phenoxy) is 1. The zero-order valence-corrected chi connectivity index (χ0v) is 14.1. The molecule has 3 heteroatoms. The van der Waals surface area contributed by atoms with Gasteiger partial charge in [-0.05, 0) is 25.8 Å². The van der Waals surface area contributed by atoms with E-state index in [1.54, 1.807) is 38.1 Å². The Bertz CT molecular complexity index is 704. The van der Waals surface area contributed by atoms with Crippen molar-refractivity contribution >= 4 is 17.8 Å². The largest absolute Gasteiger partial charge is 0.465 e. The fourth-order valence-corrected chi connectivity index (χ4v) is 2.46. The molecular weight excluding hydrogens is 300 g/mol. The molecule has 3 nitrogen and oxygen atoms in total. The van der Waals surface area contributed by atoms with Gasteiger partial charge in [0, 0.05) is 5.56 Å². The Labute approximate surface area is 143 Å². The zero-order valence-electron chi connectivity index (χ0n) is 14.1. The van der Waals surface area contributed by atoms with E-state index in [9.17, 15) is 9.59 Å². The number of rotatable bonds is 7. The number of ketones is 1. The summed E-state index contributed by atoms with van der Waals surface area (Å²) in [6.07, 6.45) is 4.05. The van der Waals surface area contributed by atoms with E-state index in [-0.39, 0.29) is 18.8 Å². The lowest BCUT2D eigenvalue weighted by Crippen LogP contribution is -2.37. The minimum Gasteiger partial charge on any atom is -0.465 e. The maximum Gasteiger partial charge on any atom is 0.320 e. The smallest absolute Gasteiger partial charge is 0.320 e. The van der Waals surface area contributed by atoms with Crippen LogP contribution in [0.5, 0.6) is 0 Å². The van der Waals surface area contributed by atoms with E-state index in [2.05, 4.69) is 0 Å². The third-order valence-corrected chi connectivity index (χ3v) is 3.90. The van der Waals surface area contributed by atoms with Gasteiger partial charge >= 0.3 is 5.97 Å². The number of benzene rings is 2. The molecule has 124 valence electrons. The highest BCUT2D eigenvalue weighted by molar-refractivity contribution is 6.12. The molecule has 0 heterocycles. The Kier molecular flexibility index (Phi) is 6.07. The summed E-state index contributed by atoms with van der Waals surface area (Å²) in [5, 5.41) is 0. The number of hydrogen-bond donors (Lipinski definition) is 0. The molecule has 0 bridgehead atoms. The van der Waals surface area contributed by atoms with Crippen molar-refractivity contribution in [3.8, 4) is 0 Å². The Morgan fingerprint density at radius 1 is 1.00 bits per heavy atom. The molecule has 0 saturated heterocycles. The third-order valence-electron chi connectivity index (χ3n) is 3.90. The van der Waals surface area contributed by atoms with Crippen LogP contribution in [0.2, 0.25) is 0 Å². The van der Waals surface area contributed by atoms with Crippen LogP contribution in [0.1, 0.15) is 36.2 Å². The summed E-state index contributed by atoms with van der Waals surface area (Å²) in [7, 11) is 0. The molecule has 0 N–H and O–H groups in total. The van der Waals surface area contributed by atoms with Crippen LogP contribution in [0.25, 0.3) is 6.08 Å². The second-order valence-electron chi connectivity index (χ2n) is 5.76. The Hall–Kier alpha value is -2.68. The van der Waals surface area contributed by atoms with Gasteiger partial charge in [-0.15, -0.1) is 0 Å². The Morgan fingerprint density at radius 3 is 2.17 bits per heavy atom. The van der Waals surface area contributed by atoms with Crippen LogP contribution in [-0.2, 0) is 9.53 Å². The maximum absolute atomic E-state index is 12.9. The van der Waals surface area contributed by atoms with Crippen LogP contribution in [-0.4, -0.2) is 18.4 Å². The molecule has 0 radical (unpaired) electrons. The molecule has 0 aliphatic heterocycles. The van der Waals surface area contributed by atoms with Crippen molar-refractivity contribution in [1.29, 1.82) is 0 Å². The monoisotopic (exact) mass is 322 g/mol. The first kappa shape index (κ1) is 17.7. The molecule has 0 aliphatic rings. The van der Waals surface area contributed by atoms with Gasteiger partial charge in [-0.25, -0.2) is 0 Å². The number of esters is 1. The second-order valence-corrected chi connectivity index (χ2v) is 5.76. The lowest BCUT2D eigenvalue weighted by Gasteiger charge is -2.24. The van der Waals surface area contributed by atoms with Gasteiger partial charge in [0.05, 0.1) is 6.61 Å². The maximum atomic E-state index is 12.9. The highest BCUT2D eigenvalue weighted by Gasteiger charge is 2.41. The Balaban J connectivity index is 2.25. The molecule has 2 aromatic carbocycles. The first-order valence-corrected chi connectivity index (χ1v) is 8.06. The normalized spacial score (nSPS) is 13.4. The molecule has 0 fully saturated rings. The highest BCUT2D eigenvalue weighted by atomic mass is 16.5. The van der Waals surface area contributed by atoms with Crippen molar-refractivity contribution in [2.24, 2.45) is 5.41 Å². The van der Waals surface area contributed by atoms with Crippen molar-refractivity contribution in [2.45, 2.75) is 20.3 Å². The first-order chi connectivity index (χ1) is 11.6. The van der Waals surface area contributed by atoms with Crippen molar-refractivity contribution in [3.05, 3.63) is 77.9 Å². The van der Waals surface area contributed by atoms with E-state index in [1.807, 2.05) is 48.6 Å². The van der Waals surface area contributed by atoms with Gasteiger partial charge in [-0.3, -0.25) is 9.59 Å². The molecule has 24 heavy (non-hydrogen) atoms. The zero-order chi connectivity index (χ0) is 17.4. The quantitative estimate of drug-likeness (QED) is 0.427. The summed E-state index contributed by atoms with van der Waals surface area (Å²) in [6.45, 7) is 3.64. The van der Waals surface area contributed by atoms with Gasteiger partial charge in [0.15, 0.2) is 5.78 Å². The Morgan fingerprint density at radius 2 is 1.58 bits per heavy atom. The van der Waals surface area contributed by atoms with Gasteiger partial charge < -0.3 is 4.74 Å². The van der Waals surface area contributed by atoms with Gasteiger partial charge in [-0.2, -0.15) is 0 Å². The van der Waals surface area contributed by atoms with Crippen molar-refractivity contribution in [1.82, 2.24) is 0 Å². The molecular formula is C21H22O3. The topological polar surface area (TPSA) is 43.4 Å². The van der Waals surface area contributed by atoms with Crippen LogP contribution in [0.3, 0.4) is 0 Å². The standard InChI is InChI=1S/C21H22O3/c1-3-24-20(23)21(2,19(22)18-14-8-5-9-15-18)16-10-13-17-11-6-4-7-12-17/h4-15H,3,16H2,1-2H3/b13-10+. The van der Waals surface area contributed by atoms with Gasteiger partial charge in [0.1, 0.15) is 5.41 Å². The molecule has 0 spiro atoms. The lowest BCUT2D eigenvalue weighted by atomic mass is 9.79. The average molecular weight is 322 g/mol. The second kappa shape index (κ2) is 8.25. The number of carbonyl (C=O) groups excluding carboxylic acids is 2. The highest BCUT2D eigenvalue weighted by Crippen LogP contribution is 2.29. The molecule has 2 rings (SSSR count). The lowest BCUT2D eigenvalue weighted by molar-refractivity contribution is -0.151. The fourth-order valence-electron chi connectivity index (χ4n) is 2.46. The molecule has 0 amide bonds. The van der Waals surface area contributed by atoms with E-state index >= 15 is 0 Å². The SMILES string of the molecule is CCOC(=O)C(C)(C/C=C/c1ccccc1)C(=O)c1ccccc1. The van der Waals surface area contributed by atoms with Gasteiger partial charge in [-0.1, -0.05) is 72.8 Å². The van der Waals surface area contributed by atoms with Crippen LogP contribution in [0.4, 0.5) is 0 Å². The molecule has 1 atom stereocenters. The summed E-state index contributed by atoms with van der Waals surface area (Å²) in [5.74, 6) is -0.712. The van der Waals surface area contributed by atoms with E-state index < -0.39 is 11.4 Å². The van der Waals surface area contributed by atoms with Crippen molar-refractivity contribution in [2.75, 3.05) is 6.61 Å². The number of Topliss-reactive ketones (excluding diaryl/α,β-unsaturated/α-hetero) is 1. The fraction of sp³-hybridized carbons (Fsp3) is 0.238. The summed E-state index contributed by atoms with van der Waals surface area (Å²) in [5.41, 5.74) is 0.305. The van der Waals surface area contributed by atoms with E-state index in [1.165, 1.54) is 0 Å². The first-order valence-electron chi connectivity index (χ1n) is 8.06. The van der Waals surface area contributed by atoms with Crippen molar-refractivity contribution in [3.63, 3.8) is 0 Å². The van der Waals surface area contributed by atoms with Gasteiger partial charge in [0.2, 0.25) is 0 Å².